The predicted octanol–water partition coefficient (Wildman–Crippen LogP) is 10.0. The number of aromatic nitrogens is 3. The summed E-state index contributed by atoms with van der Waals surface area (Å²) in [7, 11) is 0. The fourth-order valence-electron chi connectivity index (χ4n) is 5.23. The molecular formula is C38H26ClN3. The Morgan fingerprint density at radius 2 is 1.00 bits per heavy atom. The van der Waals surface area contributed by atoms with Crippen molar-refractivity contribution in [3.05, 3.63) is 162 Å². The summed E-state index contributed by atoms with van der Waals surface area (Å²) in [5, 5.41) is 3.12. The molecule has 0 saturated heterocycles. The van der Waals surface area contributed by atoms with Crippen LogP contribution in [0.3, 0.4) is 0 Å². The maximum Gasteiger partial charge on any atom is 0.164 e. The van der Waals surface area contributed by atoms with Gasteiger partial charge in [-0.15, -0.1) is 0 Å². The highest BCUT2D eigenvalue weighted by molar-refractivity contribution is 6.32. The van der Waals surface area contributed by atoms with Crippen LogP contribution in [0.4, 0.5) is 0 Å². The molecule has 1 heterocycles. The van der Waals surface area contributed by atoms with E-state index in [0.717, 1.165) is 27.8 Å². The second-order valence-corrected chi connectivity index (χ2v) is 10.7. The van der Waals surface area contributed by atoms with Crippen molar-refractivity contribution >= 4 is 33.5 Å². The average Bonchev–Trinajstić information content (AvgIpc) is 3.27. The summed E-state index contributed by atoms with van der Waals surface area (Å²) in [5.41, 5.74) is 7.40. The van der Waals surface area contributed by atoms with E-state index in [9.17, 15) is 0 Å². The van der Waals surface area contributed by atoms with E-state index in [1.54, 1.807) is 0 Å². The molecule has 4 heteroatoms. The lowest BCUT2D eigenvalue weighted by Gasteiger charge is -2.09. The number of rotatable bonds is 5. The zero-order valence-corrected chi connectivity index (χ0v) is 23.5. The van der Waals surface area contributed by atoms with Crippen molar-refractivity contribution < 1.29 is 0 Å². The van der Waals surface area contributed by atoms with Crippen LogP contribution in [0.2, 0.25) is 0 Å². The number of allylic oxidation sites excluding steroid dienone is 6. The van der Waals surface area contributed by atoms with Crippen LogP contribution < -0.4 is 0 Å². The third-order valence-electron chi connectivity index (χ3n) is 7.44. The fourth-order valence-corrected chi connectivity index (χ4v) is 5.48. The van der Waals surface area contributed by atoms with Crippen LogP contribution >= 0.6 is 11.6 Å². The zero-order valence-electron chi connectivity index (χ0n) is 22.8. The van der Waals surface area contributed by atoms with E-state index < -0.39 is 0 Å². The van der Waals surface area contributed by atoms with Crippen LogP contribution in [0, 0.1) is 0 Å². The molecular weight excluding hydrogens is 534 g/mol. The number of hydrogen-bond acceptors (Lipinski definition) is 3. The Hall–Kier alpha value is -5.12. The normalized spacial score (nSPS) is 13.2. The Morgan fingerprint density at radius 1 is 0.452 bits per heavy atom. The second-order valence-electron chi connectivity index (χ2n) is 10.2. The van der Waals surface area contributed by atoms with Crippen LogP contribution in [0.25, 0.3) is 55.8 Å². The molecule has 1 aliphatic rings. The van der Waals surface area contributed by atoms with Crippen molar-refractivity contribution in [3.8, 4) is 33.9 Å². The minimum Gasteiger partial charge on any atom is -0.208 e. The summed E-state index contributed by atoms with van der Waals surface area (Å²) < 4.78 is 0. The molecule has 0 amide bonds. The Bertz CT molecular complexity index is 1930. The van der Waals surface area contributed by atoms with Gasteiger partial charge in [-0.3, -0.25) is 0 Å². The van der Waals surface area contributed by atoms with Crippen LogP contribution in [-0.2, 0) is 0 Å². The van der Waals surface area contributed by atoms with E-state index in [-0.39, 0.29) is 0 Å². The van der Waals surface area contributed by atoms with E-state index in [0.29, 0.717) is 28.9 Å². The maximum atomic E-state index is 6.78. The number of benzene rings is 5. The maximum absolute atomic E-state index is 6.78. The van der Waals surface area contributed by atoms with Crippen molar-refractivity contribution in [2.45, 2.75) is 6.42 Å². The Balaban J connectivity index is 1.20. The molecule has 0 atom stereocenters. The molecule has 42 heavy (non-hydrogen) atoms. The van der Waals surface area contributed by atoms with Gasteiger partial charge < -0.3 is 0 Å². The quantitative estimate of drug-likeness (QED) is 0.211. The molecule has 0 fully saturated rings. The molecule has 0 saturated carbocycles. The van der Waals surface area contributed by atoms with E-state index >= 15 is 0 Å². The first-order valence-electron chi connectivity index (χ1n) is 13.9. The van der Waals surface area contributed by atoms with Crippen molar-refractivity contribution in [1.82, 2.24) is 15.0 Å². The lowest BCUT2D eigenvalue weighted by molar-refractivity contribution is 1.04. The van der Waals surface area contributed by atoms with Gasteiger partial charge in [-0.05, 0) is 57.7 Å². The first-order valence-corrected chi connectivity index (χ1v) is 14.3. The molecule has 3 nitrogen and oxygen atoms in total. The van der Waals surface area contributed by atoms with Gasteiger partial charge >= 0.3 is 0 Å². The lowest BCUT2D eigenvalue weighted by Crippen LogP contribution is -2.02. The largest absolute Gasteiger partial charge is 0.208 e. The van der Waals surface area contributed by atoms with Crippen LogP contribution in [0.5, 0.6) is 0 Å². The van der Waals surface area contributed by atoms with E-state index in [1.165, 1.54) is 21.9 Å². The fraction of sp³-hybridized carbons (Fsp3) is 0.0263. The first-order chi connectivity index (χ1) is 20.7. The zero-order chi connectivity index (χ0) is 28.3. The van der Waals surface area contributed by atoms with Crippen LogP contribution in [0.1, 0.15) is 17.8 Å². The summed E-state index contributed by atoms with van der Waals surface area (Å²) >= 11 is 6.78. The highest BCUT2D eigenvalue weighted by Crippen LogP contribution is 2.32. The van der Waals surface area contributed by atoms with Crippen LogP contribution in [0.15, 0.2) is 151 Å². The van der Waals surface area contributed by atoms with Gasteiger partial charge in [-0.25, -0.2) is 15.0 Å². The minimum atomic E-state index is 0.599. The van der Waals surface area contributed by atoms with Gasteiger partial charge in [0.15, 0.2) is 17.5 Å². The molecule has 7 rings (SSSR count). The highest BCUT2D eigenvalue weighted by Gasteiger charge is 2.15. The van der Waals surface area contributed by atoms with Gasteiger partial charge in [0, 0.05) is 21.7 Å². The van der Waals surface area contributed by atoms with Gasteiger partial charge in [0.25, 0.3) is 0 Å². The molecule has 1 aromatic heterocycles. The number of hydrogen-bond donors (Lipinski definition) is 0. The van der Waals surface area contributed by atoms with Gasteiger partial charge in [-0.1, -0.05) is 139 Å². The third-order valence-corrected chi connectivity index (χ3v) is 7.66. The molecule has 6 aromatic rings. The molecule has 0 spiro atoms. The van der Waals surface area contributed by atoms with Crippen molar-refractivity contribution in [2.75, 3.05) is 0 Å². The molecule has 200 valence electrons. The Labute approximate surface area is 250 Å². The standard InChI is InChI=1S/C38H26ClN3/c39-35-24-33(28-17-15-27(16-18-28)32-20-19-26-9-7-8-14-31(26)23-32)21-22-34(25-35)38-41-36(29-10-3-1-4-11-29)40-37(42-38)30-12-5-2-6-13-30/h1-20,22-25H,21H2. The predicted molar refractivity (Wildman–Crippen MR) is 175 cm³/mol. The van der Waals surface area contributed by atoms with E-state index in [1.807, 2.05) is 72.8 Å². The minimum absolute atomic E-state index is 0.599. The van der Waals surface area contributed by atoms with Crippen molar-refractivity contribution in [1.29, 1.82) is 0 Å². The van der Waals surface area contributed by atoms with E-state index in [2.05, 4.69) is 72.8 Å². The van der Waals surface area contributed by atoms with Gasteiger partial charge in [-0.2, -0.15) is 0 Å². The summed E-state index contributed by atoms with van der Waals surface area (Å²) in [5.74, 6) is 1.86. The number of nitrogens with zero attached hydrogens (tertiary/aromatic N) is 3. The molecule has 5 aromatic carbocycles. The molecule has 0 radical (unpaired) electrons. The van der Waals surface area contributed by atoms with Crippen molar-refractivity contribution in [3.63, 3.8) is 0 Å². The van der Waals surface area contributed by atoms with Crippen molar-refractivity contribution in [2.24, 2.45) is 0 Å². The van der Waals surface area contributed by atoms with E-state index in [4.69, 9.17) is 26.6 Å². The van der Waals surface area contributed by atoms with Crippen LogP contribution in [-0.4, -0.2) is 15.0 Å². The SMILES string of the molecule is ClC1=CC(c2nc(-c3ccccc3)nc(-c3ccccc3)n2)=CCC(c2ccc(-c3ccc4ccccc4c3)cc2)=C1. The summed E-state index contributed by atoms with van der Waals surface area (Å²) in [4.78, 5) is 14.6. The second kappa shape index (κ2) is 11.4. The number of fused-ring (bicyclic) bond motifs is 1. The summed E-state index contributed by atoms with van der Waals surface area (Å²) in [6.45, 7) is 0. The summed E-state index contributed by atoms with van der Waals surface area (Å²) in [6.07, 6.45) is 6.83. The molecule has 0 unspecified atom stereocenters. The number of halogens is 1. The van der Waals surface area contributed by atoms with Gasteiger partial charge in [0.1, 0.15) is 0 Å². The lowest BCUT2D eigenvalue weighted by atomic mass is 9.97. The van der Waals surface area contributed by atoms with Gasteiger partial charge in [0.05, 0.1) is 0 Å². The molecule has 0 aliphatic heterocycles. The first kappa shape index (κ1) is 25.8. The molecule has 1 aliphatic carbocycles. The molecule has 0 N–H and O–H groups in total. The average molecular weight is 560 g/mol. The Kier molecular flexibility index (Phi) is 7.01. The Morgan fingerprint density at radius 3 is 1.67 bits per heavy atom. The summed E-state index contributed by atoms with van der Waals surface area (Å²) in [6, 6.07) is 43.7. The monoisotopic (exact) mass is 559 g/mol. The third kappa shape index (κ3) is 5.43. The van der Waals surface area contributed by atoms with Gasteiger partial charge in [0.2, 0.25) is 0 Å². The molecule has 0 bridgehead atoms. The highest BCUT2D eigenvalue weighted by atomic mass is 35.5. The smallest absolute Gasteiger partial charge is 0.164 e. The topological polar surface area (TPSA) is 38.7 Å².